The lowest BCUT2D eigenvalue weighted by Crippen LogP contribution is -2.50. The summed E-state index contributed by atoms with van der Waals surface area (Å²) >= 11 is 0. The third kappa shape index (κ3) is 7.88. The highest BCUT2D eigenvalue weighted by Crippen LogP contribution is 2.34. The van der Waals surface area contributed by atoms with Crippen molar-refractivity contribution in [3.63, 3.8) is 0 Å². The molecular formula is C29H39N3O6S. The van der Waals surface area contributed by atoms with Crippen LogP contribution >= 0.6 is 0 Å². The van der Waals surface area contributed by atoms with Crippen molar-refractivity contribution >= 4 is 27.5 Å². The van der Waals surface area contributed by atoms with Crippen LogP contribution in [-0.4, -0.2) is 63.2 Å². The molecule has 1 saturated carbocycles. The van der Waals surface area contributed by atoms with Gasteiger partial charge in [-0.3, -0.25) is 13.9 Å². The molecule has 1 aliphatic heterocycles. The number of hydrogen-bond donors (Lipinski definition) is 1. The van der Waals surface area contributed by atoms with Gasteiger partial charge in [-0.1, -0.05) is 49.6 Å². The number of benzene rings is 2. The minimum absolute atomic E-state index is 0.102. The molecule has 1 aliphatic carbocycles. The number of carbonyl (C=O) groups excluding carboxylic acids is 2. The average molecular weight is 558 g/mol. The first-order chi connectivity index (χ1) is 18.7. The normalized spacial score (nSPS) is 16.3. The number of carbonyl (C=O) groups is 2. The lowest BCUT2D eigenvalue weighted by Gasteiger charge is -2.31. The van der Waals surface area contributed by atoms with Gasteiger partial charge in [-0.15, -0.1) is 0 Å². The summed E-state index contributed by atoms with van der Waals surface area (Å²) < 4.78 is 37.7. The molecule has 2 amide bonds. The molecule has 212 valence electrons. The van der Waals surface area contributed by atoms with Gasteiger partial charge in [-0.05, 0) is 43.9 Å². The van der Waals surface area contributed by atoms with E-state index in [0.29, 0.717) is 43.4 Å². The molecule has 9 nitrogen and oxygen atoms in total. The molecule has 1 atom stereocenters. The number of fused-ring (bicyclic) bond motifs is 1. The highest BCUT2D eigenvalue weighted by Gasteiger charge is 2.28. The highest BCUT2D eigenvalue weighted by atomic mass is 32.2. The number of nitrogens with zero attached hydrogens (tertiary/aromatic N) is 2. The molecule has 0 radical (unpaired) electrons. The second kappa shape index (κ2) is 13.2. The van der Waals surface area contributed by atoms with Gasteiger partial charge in [-0.25, -0.2) is 8.42 Å². The topological polar surface area (TPSA) is 105 Å². The van der Waals surface area contributed by atoms with E-state index in [9.17, 15) is 18.0 Å². The van der Waals surface area contributed by atoms with Gasteiger partial charge in [0.25, 0.3) is 0 Å². The summed E-state index contributed by atoms with van der Waals surface area (Å²) in [6, 6.07) is 14.1. The molecule has 0 aromatic heterocycles. The molecule has 4 rings (SSSR count). The first-order valence-corrected chi connectivity index (χ1v) is 15.6. The fraction of sp³-hybridized carbons (Fsp3) is 0.517. The molecule has 39 heavy (non-hydrogen) atoms. The zero-order valence-electron chi connectivity index (χ0n) is 22.8. The molecule has 2 aromatic rings. The van der Waals surface area contributed by atoms with Gasteiger partial charge >= 0.3 is 0 Å². The summed E-state index contributed by atoms with van der Waals surface area (Å²) in [5.41, 5.74) is 1.38. The van der Waals surface area contributed by atoms with Crippen molar-refractivity contribution in [3.05, 3.63) is 54.1 Å². The number of nitrogens with one attached hydrogen (secondary N) is 1. The van der Waals surface area contributed by atoms with Crippen LogP contribution in [0.4, 0.5) is 5.69 Å². The summed E-state index contributed by atoms with van der Waals surface area (Å²) in [5, 5.41) is 3.14. The SMILES string of the molecule is CC(C(=O)NC1CCCCC1)N(Cc1ccccc1)C(=O)CCCN(c1ccc2c(c1)OCCO2)S(C)(=O)=O. The zero-order valence-corrected chi connectivity index (χ0v) is 23.6. The molecule has 1 unspecified atom stereocenters. The largest absolute Gasteiger partial charge is 0.486 e. The number of hydrogen-bond acceptors (Lipinski definition) is 6. The third-order valence-electron chi connectivity index (χ3n) is 7.28. The van der Waals surface area contributed by atoms with Crippen LogP contribution in [0.25, 0.3) is 0 Å². The molecule has 10 heteroatoms. The summed E-state index contributed by atoms with van der Waals surface area (Å²) in [6.45, 7) is 3.02. The van der Waals surface area contributed by atoms with Gasteiger partial charge in [0.05, 0.1) is 11.9 Å². The van der Waals surface area contributed by atoms with Crippen LogP contribution < -0.4 is 19.1 Å². The van der Waals surface area contributed by atoms with Crippen LogP contribution in [0.3, 0.4) is 0 Å². The number of sulfonamides is 1. The van der Waals surface area contributed by atoms with Gasteiger partial charge < -0.3 is 19.7 Å². The maximum absolute atomic E-state index is 13.5. The van der Waals surface area contributed by atoms with E-state index in [1.54, 1.807) is 30.0 Å². The van der Waals surface area contributed by atoms with Crippen molar-refractivity contribution in [1.82, 2.24) is 10.2 Å². The average Bonchev–Trinajstić information content (AvgIpc) is 2.93. The number of anilines is 1. The maximum atomic E-state index is 13.5. The van der Waals surface area contributed by atoms with Crippen molar-refractivity contribution in [2.45, 2.75) is 70.5 Å². The van der Waals surface area contributed by atoms with Gasteiger partial charge in [0.1, 0.15) is 19.3 Å². The van der Waals surface area contributed by atoms with Crippen LogP contribution in [0.15, 0.2) is 48.5 Å². The van der Waals surface area contributed by atoms with Crippen LogP contribution in [0.5, 0.6) is 11.5 Å². The van der Waals surface area contributed by atoms with E-state index < -0.39 is 16.1 Å². The Hall–Kier alpha value is -3.27. The molecule has 0 spiro atoms. The Kier molecular flexibility index (Phi) is 9.72. The van der Waals surface area contributed by atoms with E-state index in [2.05, 4.69) is 5.32 Å². The van der Waals surface area contributed by atoms with Crippen LogP contribution in [-0.2, 0) is 26.2 Å². The molecular weight excluding hydrogens is 518 g/mol. The Morgan fingerprint density at radius 2 is 1.69 bits per heavy atom. The Labute approximate surface area is 231 Å². The van der Waals surface area contributed by atoms with Crippen LogP contribution in [0, 0.1) is 0 Å². The van der Waals surface area contributed by atoms with E-state index in [4.69, 9.17) is 9.47 Å². The van der Waals surface area contributed by atoms with E-state index in [1.165, 1.54) is 10.7 Å². The predicted octanol–water partition coefficient (Wildman–Crippen LogP) is 3.87. The highest BCUT2D eigenvalue weighted by molar-refractivity contribution is 7.92. The van der Waals surface area contributed by atoms with Gasteiger partial charge in [0, 0.05) is 31.6 Å². The molecule has 0 bridgehead atoms. The molecule has 0 saturated heterocycles. The molecule has 2 aliphatic rings. The standard InChI is InChI=1S/C29H39N3O6S/c1-22(29(34)30-24-12-7-4-8-13-24)31(21-23-10-5-3-6-11-23)28(33)14-9-17-32(39(2,35)36)25-15-16-26-27(20-25)38-19-18-37-26/h3,5-6,10-11,15-16,20,22,24H,4,7-9,12-14,17-19,21H2,1-2H3,(H,30,34). The van der Waals surface area contributed by atoms with Crippen molar-refractivity contribution in [2.24, 2.45) is 0 Å². The zero-order chi connectivity index (χ0) is 27.8. The van der Waals surface area contributed by atoms with Gasteiger partial charge in [-0.2, -0.15) is 0 Å². The Bertz CT molecular complexity index is 1230. The van der Waals surface area contributed by atoms with Crippen molar-refractivity contribution in [2.75, 3.05) is 30.3 Å². The summed E-state index contributed by atoms with van der Waals surface area (Å²) in [5.74, 6) is 0.724. The smallest absolute Gasteiger partial charge is 0.242 e. The van der Waals surface area contributed by atoms with Crippen molar-refractivity contribution in [3.8, 4) is 11.5 Å². The second-order valence-electron chi connectivity index (χ2n) is 10.3. The van der Waals surface area contributed by atoms with Gasteiger partial charge in [0.15, 0.2) is 11.5 Å². The second-order valence-corrected chi connectivity index (χ2v) is 12.2. The minimum atomic E-state index is -3.61. The molecule has 1 heterocycles. The van der Waals surface area contributed by atoms with Crippen molar-refractivity contribution < 1.29 is 27.5 Å². The Morgan fingerprint density at radius 1 is 1.00 bits per heavy atom. The summed E-state index contributed by atoms with van der Waals surface area (Å²) in [7, 11) is -3.61. The predicted molar refractivity (Wildman–Crippen MR) is 150 cm³/mol. The Morgan fingerprint density at radius 3 is 2.38 bits per heavy atom. The molecule has 2 aromatic carbocycles. The lowest BCUT2D eigenvalue weighted by molar-refractivity contribution is -0.141. The number of rotatable bonds is 11. The maximum Gasteiger partial charge on any atom is 0.242 e. The molecule has 1 fully saturated rings. The fourth-order valence-electron chi connectivity index (χ4n) is 5.12. The van der Waals surface area contributed by atoms with Crippen molar-refractivity contribution in [1.29, 1.82) is 0 Å². The number of amides is 2. The first kappa shape index (κ1) is 28.7. The summed E-state index contributed by atoms with van der Waals surface area (Å²) in [6.07, 6.45) is 6.87. The first-order valence-electron chi connectivity index (χ1n) is 13.7. The van der Waals surface area contributed by atoms with Crippen LogP contribution in [0.2, 0.25) is 0 Å². The quantitative estimate of drug-likeness (QED) is 0.450. The fourth-order valence-corrected chi connectivity index (χ4v) is 6.08. The monoisotopic (exact) mass is 557 g/mol. The minimum Gasteiger partial charge on any atom is -0.486 e. The van der Waals surface area contributed by atoms with E-state index in [1.807, 2.05) is 30.3 Å². The van der Waals surface area contributed by atoms with Gasteiger partial charge in [0.2, 0.25) is 21.8 Å². The molecule has 1 N–H and O–H groups in total. The van der Waals surface area contributed by atoms with E-state index >= 15 is 0 Å². The van der Waals surface area contributed by atoms with E-state index in [-0.39, 0.29) is 30.8 Å². The lowest BCUT2D eigenvalue weighted by atomic mass is 9.95. The third-order valence-corrected chi connectivity index (χ3v) is 8.47. The summed E-state index contributed by atoms with van der Waals surface area (Å²) in [4.78, 5) is 28.2. The number of ether oxygens (including phenoxy) is 2. The Balaban J connectivity index is 1.43. The van der Waals surface area contributed by atoms with E-state index in [0.717, 1.165) is 37.5 Å². The van der Waals surface area contributed by atoms with Crippen LogP contribution in [0.1, 0.15) is 57.4 Å².